The number of rotatable bonds is 7. The Balaban J connectivity index is 3.47. The minimum absolute atomic E-state index is 0.332. The molecule has 0 spiro atoms. The molecule has 0 saturated carbocycles. The highest BCUT2D eigenvalue weighted by Crippen LogP contribution is 2.61. The van der Waals surface area contributed by atoms with Crippen LogP contribution in [0.2, 0.25) is 5.02 Å². The lowest BCUT2D eigenvalue weighted by Gasteiger charge is -2.41. The van der Waals surface area contributed by atoms with Gasteiger partial charge in [-0.1, -0.05) is 29.8 Å². The van der Waals surface area contributed by atoms with Gasteiger partial charge in [-0.2, -0.15) is 57.1 Å². The summed E-state index contributed by atoms with van der Waals surface area (Å²) in [7, 11) is 0. The van der Waals surface area contributed by atoms with Crippen molar-refractivity contribution in [3.63, 3.8) is 0 Å². The number of benzene rings is 1. The monoisotopic (exact) mass is 488 g/mol. The Bertz CT molecular complexity index is 770. The van der Waals surface area contributed by atoms with E-state index in [1.807, 2.05) is 0 Å². The molecule has 1 atom stereocenters. The van der Waals surface area contributed by atoms with Crippen LogP contribution in [0.15, 0.2) is 24.3 Å². The van der Waals surface area contributed by atoms with E-state index in [0.717, 1.165) is 18.2 Å². The van der Waals surface area contributed by atoms with Crippen molar-refractivity contribution in [2.75, 3.05) is 0 Å². The van der Waals surface area contributed by atoms with Crippen LogP contribution >= 0.6 is 11.6 Å². The van der Waals surface area contributed by atoms with Crippen molar-refractivity contribution < 1.29 is 62.2 Å². The first-order chi connectivity index (χ1) is 13.0. The quantitative estimate of drug-likeness (QED) is 0.425. The Hall–Kier alpha value is -1.44. The Labute approximate surface area is 164 Å². The number of hydrogen-bond acceptors (Lipinski definition) is 1. The van der Waals surface area contributed by atoms with Gasteiger partial charge in [-0.3, -0.25) is 0 Å². The van der Waals surface area contributed by atoms with Crippen molar-refractivity contribution in [1.82, 2.24) is 0 Å². The van der Waals surface area contributed by atoms with E-state index in [0.29, 0.717) is 6.92 Å². The molecule has 0 bridgehead atoms. The molecule has 0 heterocycles. The summed E-state index contributed by atoms with van der Waals surface area (Å²) in [4.78, 5) is 0. The molecular formula is C15H10ClF13O. The van der Waals surface area contributed by atoms with Crippen LogP contribution in [0.1, 0.15) is 18.9 Å². The molecule has 1 aromatic carbocycles. The van der Waals surface area contributed by atoms with E-state index in [-0.39, 0.29) is 0 Å². The fraction of sp³-hybridized carbons (Fsp3) is 0.600. The summed E-state index contributed by atoms with van der Waals surface area (Å²) >= 11 is 5.54. The maximum atomic E-state index is 13.9. The average molecular weight is 489 g/mol. The molecule has 1 N–H and O–H groups in total. The standard InChI is InChI=1S/C15H10ClF13O/c1-9(30,7-4-2-3-5-8(7)16)6-10(17,18)11(19,20)12(21,22)13(23,24)14(25,26)15(27,28)29/h2-5,30H,6H2,1H3. The number of halogens is 14. The molecule has 30 heavy (non-hydrogen) atoms. The van der Waals surface area contributed by atoms with Gasteiger partial charge in [0, 0.05) is 10.6 Å². The lowest BCUT2D eigenvalue weighted by Crippen LogP contribution is -2.70. The van der Waals surface area contributed by atoms with E-state index in [1.54, 1.807) is 0 Å². The smallest absolute Gasteiger partial charge is 0.385 e. The van der Waals surface area contributed by atoms with Gasteiger partial charge in [0.15, 0.2) is 0 Å². The summed E-state index contributed by atoms with van der Waals surface area (Å²) in [5.74, 6) is -37.6. The van der Waals surface area contributed by atoms with Gasteiger partial charge in [0.25, 0.3) is 0 Å². The van der Waals surface area contributed by atoms with Crippen LogP contribution in [-0.4, -0.2) is 40.9 Å². The van der Waals surface area contributed by atoms with Crippen LogP contribution in [0.4, 0.5) is 57.1 Å². The van der Waals surface area contributed by atoms with E-state index in [2.05, 4.69) is 0 Å². The first-order valence-corrected chi connectivity index (χ1v) is 7.78. The predicted molar refractivity (Wildman–Crippen MR) is 76.4 cm³/mol. The third-order valence-electron chi connectivity index (χ3n) is 4.02. The molecule has 0 radical (unpaired) electrons. The van der Waals surface area contributed by atoms with Crippen molar-refractivity contribution in [2.45, 2.75) is 54.7 Å². The van der Waals surface area contributed by atoms with E-state index in [4.69, 9.17) is 11.6 Å². The second kappa shape index (κ2) is 7.31. The van der Waals surface area contributed by atoms with Crippen LogP contribution < -0.4 is 0 Å². The summed E-state index contributed by atoms with van der Waals surface area (Å²) in [6.07, 6.45) is -10.3. The minimum Gasteiger partial charge on any atom is -0.385 e. The van der Waals surface area contributed by atoms with E-state index < -0.39 is 58.4 Å². The molecule has 0 aliphatic carbocycles. The maximum absolute atomic E-state index is 13.9. The average Bonchev–Trinajstić information content (AvgIpc) is 2.52. The molecule has 0 aromatic heterocycles. The molecule has 15 heteroatoms. The van der Waals surface area contributed by atoms with Crippen LogP contribution in [-0.2, 0) is 5.60 Å². The van der Waals surface area contributed by atoms with Crippen molar-refractivity contribution in [1.29, 1.82) is 0 Å². The van der Waals surface area contributed by atoms with Gasteiger partial charge in [-0.25, -0.2) is 0 Å². The highest BCUT2D eigenvalue weighted by molar-refractivity contribution is 6.31. The van der Waals surface area contributed by atoms with Crippen molar-refractivity contribution in [3.8, 4) is 0 Å². The van der Waals surface area contributed by atoms with Crippen LogP contribution in [0.3, 0.4) is 0 Å². The molecule has 0 amide bonds. The van der Waals surface area contributed by atoms with Crippen LogP contribution in [0, 0.1) is 0 Å². The molecule has 1 unspecified atom stereocenters. The summed E-state index contributed by atoms with van der Waals surface area (Å²) in [5.41, 5.74) is -3.98. The van der Waals surface area contributed by atoms with E-state index in [1.165, 1.54) is 6.07 Å². The highest BCUT2D eigenvalue weighted by atomic mass is 35.5. The Morgan fingerprint density at radius 2 is 1.10 bits per heavy atom. The molecular weight excluding hydrogens is 479 g/mol. The zero-order valence-corrected chi connectivity index (χ0v) is 15.0. The van der Waals surface area contributed by atoms with Gasteiger partial charge in [0.2, 0.25) is 0 Å². The molecule has 0 saturated heterocycles. The molecule has 0 aliphatic rings. The third-order valence-corrected chi connectivity index (χ3v) is 4.35. The molecule has 1 rings (SSSR count). The second-order valence-corrected chi connectivity index (χ2v) is 6.84. The van der Waals surface area contributed by atoms with E-state index in [9.17, 15) is 62.2 Å². The number of aliphatic hydroxyl groups is 1. The topological polar surface area (TPSA) is 20.2 Å². The normalized spacial score (nSPS) is 17.1. The largest absolute Gasteiger partial charge is 0.460 e. The van der Waals surface area contributed by atoms with Crippen molar-refractivity contribution in [3.05, 3.63) is 34.9 Å². The first kappa shape index (κ1) is 26.6. The lowest BCUT2D eigenvalue weighted by atomic mass is 9.84. The van der Waals surface area contributed by atoms with Gasteiger partial charge in [0.1, 0.15) is 0 Å². The summed E-state index contributed by atoms with van der Waals surface area (Å²) in [5, 5.41) is 9.41. The lowest BCUT2D eigenvalue weighted by molar-refractivity contribution is -0.441. The summed E-state index contributed by atoms with van der Waals surface area (Å²) < 4.78 is 170. The van der Waals surface area contributed by atoms with Crippen LogP contribution in [0.5, 0.6) is 0 Å². The third kappa shape index (κ3) is 3.92. The van der Waals surface area contributed by atoms with Gasteiger partial charge in [-0.15, -0.1) is 0 Å². The number of hydrogen-bond donors (Lipinski definition) is 1. The highest BCUT2D eigenvalue weighted by Gasteiger charge is 2.90. The first-order valence-electron chi connectivity index (χ1n) is 7.40. The number of alkyl halides is 13. The van der Waals surface area contributed by atoms with Crippen molar-refractivity contribution in [2.24, 2.45) is 0 Å². The van der Waals surface area contributed by atoms with Crippen molar-refractivity contribution >= 4 is 11.6 Å². The fourth-order valence-corrected chi connectivity index (χ4v) is 2.68. The molecule has 1 aromatic rings. The maximum Gasteiger partial charge on any atom is 0.460 e. The Morgan fingerprint density at radius 1 is 0.700 bits per heavy atom. The van der Waals surface area contributed by atoms with Gasteiger partial charge >= 0.3 is 35.8 Å². The van der Waals surface area contributed by atoms with Crippen LogP contribution in [0.25, 0.3) is 0 Å². The SMILES string of the molecule is CC(O)(CC(F)(F)C(F)(F)C(F)(F)C(F)(F)C(F)(F)C(F)(F)F)c1ccccc1Cl. The predicted octanol–water partition coefficient (Wildman–Crippen LogP) is 6.68. The second-order valence-electron chi connectivity index (χ2n) is 6.43. The fourth-order valence-electron chi connectivity index (χ4n) is 2.34. The zero-order chi connectivity index (χ0) is 24.2. The summed E-state index contributed by atoms with van der Waals surface area (Å²) in [6.45, 7) is 0.332. The van der Waals surface area contributed by atoms with Gasteiger partial charge in [-0.05, 0) is 13.0 Å². The minimum atomic E-state index is -7.98. The molecule has 1 nitrogen and oxygen atoms in total. The van der Waals surface area contributed by atoms with Gasteiger partial charge in [0.05, 0.1) is 12.0 Å². The zero-order valence-electron chi connectivity index (χ0n) is 14.3. The van der Waals surface area contributed by atoms with Gasteiger partial charge < -0.3 is 5.11 Å². The Kier molecular flexibility index (Phi) is 6.48. The molecule has 0 aliphatic heterocycles. The molecule has 0 fully saturated rings. The Morgan fingerprint density at radius 3 is 1.50 bits per heavy atom. The molecule has 174 valence electrons. The summed E-state index contributed by atoms with van der Waals surface area (Å²) in [6, 6.07) is 3.90. The van der Waals surface area contributed by atoms with E-state index >= 15 is 0 Å².